The van der Waals surface area contributed by atoms with Gasteiger partial charge in [-0.25, -0.2) is 4.39 Å². The highest BCUT2D eigenvalue weighted by atomic mass is 19.4. The first kappa shape index (κ1) is 20.4. The average molecular weight is 404 g/mol. The molecule has 0 aliphatic carbocycles. The molecular weight excluding hydrogens is 388 g/mol. The highest BCUT2D eigenvalue weighted by Gasteiger charge is 2.37. The van der Waals surface area contributed by atoms with Crippen molar-refractivity contribution < 1.29 is 27.2 Å². The van der Waals surface area contributed by atoms with Crippen LogP contribution >= 0.6 is 0 Å². The van der Waals surface area contributed by atoms with Crippen LogP contribution in [-0.4, -0.2) is 47.8 Å². The Balaban J connectivity index is 1.66. The van der Waals surface area contributed by atoms with Gasteiger partial charge in [-0.05, 0) is 30.3 Å². The van der Waals surface area contributed by atoms with E-state index in [0.29, 0.717) is 11.6 Å². The lowest BCUT2D eigenvalue weighted by molar-refractivity contribution is -0.138. The Morgan fingerprint density at radius 2 is 1.52 bits per heavy atom. The number of piperazine rings is 1. The summed E-state index contributed by atoms with van der Waals surface area (Å²) < 4.78 is 52.7. The molecule has 2 amide bonds. The molecule has 8 heteroatoms. The van der Waals surface area contributed by atoms with Crippen molar-refractivity contribution in [2.45, 2.75) is 6.18 Å². The first-order chi connectivity index (χ1) is 13.8. The fraction of sp³-hybridized carbons (Fsp3) is 0.238. The number of hydrogen-bond donors (Lipinski definition) is 0. The number of halogens is 4. The Kier molecular flexibility index (Phi) is 5.87. The van der Waals surface area contributed by atoms with Crippen LogP contribution < -0.4 is 0 Å². The molecule has 1 aliphatic heterocycles. The minimum Gasteiger partial charge on any atom is -0.335 e. The fourth-order valence-electron chi connectivity index (χ4n) is 2.95. The summed E-state index contributed by atoms with van der Waals surface area (Å²) in [5.74, 6) is 2.94. The number of nitrogens with zero attached hydrogens (tertiary/aromatic N) is 2. The first-order valence-electron chi connectivity index (χ1n) is 8.78. The van der Waals surface area contributed by atoms with Crippen LogP contribution in [0, 0.1) is 17.7 Å². The molecule has 2 aromatic carbocycles. The molecule has 0 atom stereocenters. The van der Waals surface area contributed by atoms with Gasteiger partial charge in [0, 0.05) is 37.7 Å². The molecule has 1 fully saturated rings. The van der Waals surface area contributed by atoms with E-state index in [4.69, 9.17) is 0 Å². The lowest BCUT2D eigenvalue weighted by atomic mass is 10.0. The van der Waals surface area contributed by atoms with E-state index in [1.165, 1.54) is 9.80 Å². The maximum absolute atomic E-state index is 13.2. The summed E-state index contributed by atoms with van der Waals surface area (Å²) in [6, 6.07) is 10.9. The van der Waals surface area contributed by atoms with Gasteiger partial charge in [-0.15, -0.1) is 0 Å². The number of benzene rings is 2. The molecule has 4 nitrogen and oxygen atoms in total. The third kappa shape index (κ3) is 4.93. The van der Waals surface area contributed by atoms with Gasteiger partial charge in [0.1, 0.15) is 5.82 Å². The lowest BCUT2D eigenvalue weighted by Crippen LogP contribution is -2.50. The second kappa shape index (κ2) is 8.35. The van der Waals surface area contributed by atoms with Gasteiger partial charge < -0.3 is 9.80 Å². The maximum atomic E-state index is 13.2. The van der Waals surface area contributed by atoms with Gasteiger partial charge in [0.15, 0.2) is 0 Å². The molecule has 0 spiro atoms. The van der Waals surface area contributed by atoms with Crippen LogP contribution in [0.5, 0.6) is 0 Å². The molecule has 1 saturated heterocycles. The number of carbonyl (C=O) groups excluding carboxylic acids is 2. The molecule has 0 radical (unpaired) electrons. The minimum absolute atomic E-state index is 0.0618. The molecule has 0 aromatic heterocycles. The molecule has 0 saturated carbocycles. The maximum Gasteiger partial charge on any atom is 0.417 e. The Labute approximate surface area is 164 Å². The zero-order chi connectivity index (χ0) is 21.0. The summed E-state index contributed by atoms with van der Waals surface area (Å²) in [5, 5.41) is 0. The zero-order valence-corrected chi connectivity index (χ0v) is 15.2. The van der Waals surface area contributed by atoms with E-state index in [9.17, 15) is 27.2 Å². The van der Waals surface area contributed by atoms with E-state index in [0.717, 1.165) is 12.1 Å². The molecule has 1 aliphatic rings. The summed E-state index contributed by atoms with van der Waals surface area (Å²) in [4.78, 5) is 27.4. The van der Waals surface area contributed by atoms with Gasteiger partial charge in [0.05, 0.1) is 11.1 Å². The largest absolute Gasteiger partial charge is 0.417 e. The summed E-state index contributed by atoms with van der Waals surface area (Å²) in [6.45, 7) is 0.422. The summed E-state index contributed by atoms with van der Waals surface area (Å²) in [7, 11) is 0. The van der Waals surface area contributed by atoms with Crippen LogP contribution in [0.15, 0.2) is 48.5 Å². The third-order valence-electron chi connectivity index (χ3n) is 4.46. The van der Waals surface area contributed by atoms with Gasteiger partial charge in [-0.3, -0.25) is 9.59 Å². The highest BCUT2D eigenvalue weighted by molar-refractivity contribution is 5.97. The minimum atomic E-state index is -4.85. The lowest BCUT2D eigenvalue weighted by Gasteiger charge is -2.34. The van der Waals surface area contributed by atoms with Gasteiger partial charge in [0.25, 0.3) is 11.8 Å². The van der Waals surface area contributed by atoms with Crippen LogP contribution in [0.25, 0.3) is 0 Å². The zero-order valence-electron chi connectivity index (χ0n) is 15.2. The number of amides is 2. The summed E-state index contributed by atoms with van der Waals surface area (Å²) >= 11 is 0. The Bertz CT molecular complexity index is 970. The molecule has 0 bridgehead atoms. The van der Waals surface area contributed by atoms with Crippen molar-refractivity contribution in [2.24, 2.45) is 0 Å². The SMILES string of the molecule is O=C(C#Cc1ccccc1)N1CCN(C(=O)c2ccc(F)cc2C(F)(F)F)CC1. The Morgan fingerprint density at radius 3 is 2.14 bits per heavy atom. The molecule has 0 unspecified atom stereocenters. The topological polar surface area (TPSA) is 40.6 Å². The first-order valence-corrected chi connectivity index (χ1v) is 8.78. The van der Waals surface area contributed by atoms with Crippen molar-refractivity contribution in [3.8, 4) is 11.8 Å². The van der Waals surface area contributed by atoms with Crippen LogP contribution in [0.4, 0.5) is 17.6 Å². The van der Waals surface area contributed by atoms with E-state index >= 15 is 0 Å². The van der Waals surface area contributed by atoms with Gasteiger partial charge in [-0.2, -0.15) is 13.2 Å². The van der Waals surface area contributed by atoms with Gasteiger partial charge in [0.2, 0.25) is 0 Å². The van der Waals surface area contributed by atoms with Crippen molar-refractivity contribution >= 4 is 11.8 Å². The van der Waals surface area contributed by atoms with E-state index in [1.54, 1.807) is 24.3 Å². The third-order valence-corrected chi connectivity index (χ3v) is 4.46. The Hall–Kier alpha value is -3.34. The number of carbonyl (C=O) groups is 2. The van der Waals surface area contributed by atoms with Gasteiger partial charge >= 0.3 is 6.18 Å². The molecular formula is C21H16F4N2O2. The van der Waals surface area contributed by atoms with Crippen molar-refractivity contribution in [2.75, 3.05) is 26.2 Å². The average Bonchev–Trinajstić information content (AvgIpc) is 2.71. The standard InChI is InChI=1S/C21H16F4N2O2/c22-16-7-8-17(18(14-16)21(23,24)25)20(29)27-12-10-26(11-13-27)19(28)9-6-15-4-2-1-3-5-15/h1-5,7-8,14H,10-13H2. The smallest absolute Gasteiger partial charge is 0.335 e. The molecule has 29 heavy (non-hydrogen) atoms. The van der Waals surface area contributed by atoms with E-state index in [1.807, 2.05) is 6.07 Å². The predicted octanol–water partition coefficient (Wildman–Crippen LogP) is 3.18. The molecule has 1 heterocycles. The number of alkyl halides is 3. The Morgan fingerprint density at radius 1 is 0.897 bits per heavy atom. The van der Waals surface area contributed by atoms with Gasteiger partial charge in [-0.1, -0.05) is 24.1 Å². The second-order valence-corrected chi connectivity index (χ2v) is 6.39. The van der Waals surface area contributed by atoms with Crippen LogP contribution in [0.3, 0.4) is 0 Å². The van der Waals surface area contributed by atoms with Crippen molar-refractivity contribution in [1.82, 2.24) is 9.80 Å². The van der Waals surface area contributed by atoms with Crippen molar-refractivity contribution in [3.05, 3.63) is 71.0 Å². The van der Waals surface area contributed by atoms with Crippen LogP contribution in [0.1, 0.15) is 21.5 Å². The highest BCUT2D eigenvalue weighted by Crippen LogP contribution is 2.33. The van der Waals surface area contributed by atoms with Crippen molar-refractivity contribution in [3.63, 3.8) is 0 Å². The number of rotatable bonds is 1. The molecule has 3 rings (SSSR count). The fourth-order valence-corrected chi connectivity index (χ4v) is 2.95. The molecule has 0 N–H and O–H groups in total. The summed E-state index contributed by atoms with van der Waals surface area (Å²) in [6.07, 6.45) is -4.85. The van der Waals surface area contributed by atoms with Crippen LogP contribution in [-0.2, 0) is 11.0 Å². The van der Waals surface area contributed by atoms with E-state index < -0.39 is 34.9 Å². The van der Waals surface area contributed by atoms with Crippen LogP contribution in [0.2, 0.25) is 0 Å². The molecule has 150 valence electrons. The molecule has 2 aromatic rings. The normalized spacial score (nSPS) is 14.2. The summed E-state index contributed by atoms with van der Waals surface area (Å²) in [5.41, 5.74) is -1.23. The predicted molar refractivity (Wildman–Crippen MR) is 97.2 cm³/mol. The monoisotopic (exact) mass is 404 g/mol. The van der Waals surface area contributed by atoms with Crippen molar-refractivity contribution in [1.29, 1.82) is 0 Å². The second-order valence-electron chi connectivity index (χ2n) is 6.39. The quantitative estimate of drug-likeness (QED) is 0.541. The van der Waals surface area contributed by atoms with E-state index in [2.05, 4.69) is 11.8 Å². The number of hydrogen-bond acceptors (Lipinski definition) is 2. The van der Waals surface area contributed by atoms with E-state index in [-0.39, 0.29) is 26.2 Å².